The van der Waals surface area contributed by atoms with Crippen molar-refractivity contribution in [1.29, 1.82) is 0 Å². The standard InChI is InChI=1S/C24H23N3O2S/c1-15-10-19(13-28)21-7-3-5-17(23(21)26-15)11-16-4-2-6-20(12-16)27-24(29)22(25)18-8-9-30-14-18/h2-10,12,14,22,28H,11,13,25H2,1H3,(H,27,29)/t22-/m0/s1. The van der Waals surface area contributed by atoms with E-state index in [4.69, 9.17) is 10.7 Å². The van der Waals surface area contributed by atoms with Gasteiger partial charge in [-0.3, -0.25) is 9.78 Å². The van der Waals surface area contributed by atoms with Crippen LogP contribution in [0.5, 0.6) is 0 Å². The second kappa shape index (κ2) is 8.75. The summed E-state index contributed by atoms with van der Waals surface area (Å²) in [5, 5.41) is 17.4. The Hall–Kier alpha value is -3.06. The van der Waals surface area contributed by atoms with Crippen molar-refractivity contribution in [2.24, 2.45) is 5.73 Å². The maximum absolute atomic E-state index is 12.5. The zero-order valence-electron chi connectivity index (χ0n) is 16.6. The van der Waals surface area contributed by atoms with Gasteiger partial charge in [-0.1, -0.05) is 30.3 Å². The summed E-state index contributed by atoms with van der Waals surface area (Å²) in [7, 11) is 0. The third-order valence-electron chi connectivity index (χ3n) is 5.08. The van der Waals surface area contributed by atoms with E-state index in [0.717, 1.165) is 38.9 Å². The molecule has 0 bridgehead atoms. The molecular weight excluding hydrogens is 394 g/mol. The number of hydrogen-bond acceptors (Lipinski definition) is 5. The molecule has 152 valence electrons. The SMILES string of the molecule is Cc1cc(CO)c2cccc(Cc3cccc(NC(=O)[C@@H](N)c4ccsc4)c3)c2n1. The quantitative estimate of drug-likeness (QED) is 0.436. The minimum absolute atomic E-state index is 0.0186. The number of aromatic nitrogens is 1. The molecule has 4 rings (SSSR count). The maximum Gasteiger partial charge on any atom is 0.245 e. The predicted molar refractivity (Wildman–Crippen MR) is 122 cm³/mol. The monoisotopic (exact) mass is 417 g/mol. The molecule has 1 atom stereocenters. The van der Waals surface area contributed by atoms with E-state index in [1.165, 1.54) is 11.3 Å². The normalized spacial score (nSPS) is 12.1. The number of pyridine rings is 1. The Kier molecular flexibility index (Phi) is 5.90. The molecule has 4 aromatic rings. The lowest BCUT2D eigenvalue weighted by atomic mass is 9.99. The second-order valence-corrected chi connectivity index (χ2v) is 8.07. The molecule has 0 saturated heterocycles. The van der Waals surface area contributed by atoms with Crippen LogP contribution in [0.3, 0.4) is 0 Å². The Morgan fingerprint density at radius 2 is 2.00 bits per heavy atom. The summed E-state index contributed by atoms with van der Waals surface area (Å²) in [5.41, 5.74) is 12.4. The topological polar surface area (TPSA) is 88.2 Å². The van der Waals surface area contributed by atoms with Crippen molar-refractivity contribution in [1.82, 2.24) is 4.98 Å². The van der Waals surface area contributed by atoms with Crippen LogP contribution in [0, 0.1) is 6.92 Å². The van der Waals surface area contributed by atoms with Gasteiger partial charge in [0.25, 0.3) is 0 Å². The number of nitrogens with zero attached hydrogens (tertiary/aromatic N) is 1. The van der Waals surface area contributed by atoms with Crippen LogP contribution in [0.15, 0.2) is 65.4 Å². The molecule has 5 nitrogen and oxygen atoms in total. The van der Waals surface area contributed by atoms with E-state index in [1.807, 2.05) is 72.3 Å². The number of carbonyl (C=O) groups is 1. The lowest BCUT2D eigenvalue weighted by Gasteiger charge is -2.13. The molecule has 1 amide bonds. The van der Waals surface area contributed by atoms with Gasteiger partial charge in [-0.05, 0) is 70.6 Å². The first-order chi connectivity index (χ1) is 14.5. The maximum atomic E-state index is 12.5. The van der Waals surface area contributed by atoms with E-state index < -0.39 is 6.04 Å². The smallest absolute Gasteiger partial charge is 0.245 e. The van der Waals surface area contributed by atoms with E-state index in [-0.39, 0.29) is 12.5 Å². The van der Waals surface area contributed by atoms with Crippen LogP contribution in [0.25, 0.3) is 10.9 Å². The molecule has 30 heavy (non-hydrogen) atoms. The molecule has 0 aliphatic heterocycles. The number of thiophene rings is 1. The fourth-order valence-electron chi connectivity index (χ4n) is 3.60. The highest BCUT2D eigenvalue weighted by molar-refractivity contribution is 7.08. The first-order valence-electron chi connectivity index (χ1n) is 9.71. The van der Waals surface area contributed by atoms with Gasteiger partial charge in [0.2, 0.25) is 5.91 Å². The van der Waals surface area contributed by atoms with E-state index in [1.54, 1.807) is 0 Å². The number of aliphatic hydroxyl groups excluding tert-OH is 1. The van der Waals surface area contributed by atoms with Crippen molar-refractivity contribution in [3.8, 4) is 0 Å². The average Bonchev–Trinajstić information content (AvgIpc) is 3.28. The van der Waals surface area contributed by atoms with Gasteiger partial charge in [0.1, 0.15) is 6.04 Å². The van der Waals surface area contributed by atoms with Gasteiger partial charge in [0, 0.05) is 16.8 Å². The number of para-hydroxylation sites is 1. The molecule has 0 unspecified atom stereocenters. The van der Waals surface area contributed by atoms with Crippen LogP contribution in [0.1, 0.15) is 34.0 Å². The highest BCUT2D eigenvalue weighted by Gasteiger charge is 2.16. The summed E-state index contributed by atoms with van der Waals surface area (Å²) < 4.78 is 0. The third-order valence-corrected chi connectivity index (χ3v) is 5.78. The summed E-state index contributed by atoms with van der Waals surface area (Å²) >= 11 is 1.52. The van der Waals surface area contributed by atoms with Gasteiger partial charge < -0.3 is 16.2 Å². The molecule has 4 N–H and O–H groups in total. The fourth-order valence-corrected chi connectivity index (χ4v) is 4.29. The predicted octanol–water partition coefficient (Wildman–Crippen LogP) is 4.33. The Labute approximate surface area is 179 Å². The van der Waals surface area contributed by atoms with Crippen LogP contribution < -0.4 is 11.1 Å². The van der Waals surface area contributed by atoms with Crippen LogP contribution in [-0.4, -0.2) is 16.0 Å². The molecule has 6 heteroatoms. The molecule has 0 aliphatic rings. The number of fused-ring (bicyclic) bond motifs is 1. The molecule has 0 fully saturated rings. The van der Waals surface area contributed by atoms with E-state index in [2.05, 4.69) is 5.32 Å². The molecule has 0 radical (unpaired) electrons. The van der Waals surface area contributed by atoms with Gasteiger partial charge in [-0.15, -0.1) is 0 Å². The van der Waals surface area contributed by atoms with Gasteiger partial charge >= 0.3 is 0 Å². The highest BCUT2D eigenvalue weighted by atomic mass is 32.1. The van der Waals surface area contributed by atoms with Crippen molar-refractivity contribution in [2.45, 2.75) is 26.0 Å². The Morgan fingerprint density at radius 3 is 2.77 bits per heavy atom. The minimum atomic E-state index is -0.693. The second-order valence-electron chi connectivity index (χ2n) is 7.29. The summed E-state index contributed by atoms with van der Waals surface area (Å²) in [6.45, 7) is 1.91. The molecule has 2 heterocycles. The fraction of sp³-hybridized carbons (Fsp3) is 0.167. The number of rotatable bonds is 6. The van der Waals surface area contributed by atoms with Gasteiger partial charge in [-0.2, -0.15) is 11.3 Å². The van der Waals surface area contributed by atoms with Crippen LogP contribution >= 0.6 is 11.3 Å². The number of aliphatic hydroxyl groups is 1. The number of hydrogen-bond donors (Lipinski definition) is 3. The first-order valence-corrected chi connectivity index (χ1v) is 10.7. The van der Waals surface area contributed by atoms with Gasteiger partial charge in [0.15, 0.2) is 0 Å². The molecule has 0 saturated carbocycles. The van der Waals surface area contributed by atoms with Crippen molar-refractivity contribution in [3.05, 3.63) is 93.3 Å². The summed E-state index contributed by atoms with van der Waals surface area (Å²) in [5.74, 6) is -0.236. The van der Waals surface area contributed by atoms with Crippen molar-refractivity contribution in [3.63, 3.8) is 0 Å². The molecule has 0 aliphatic carbocycles. The summed E-state index contributed by atoms with van der Waals surface area (Å²) in [4.78, 5) is 17.2. The lowest BCUT2D eigenvalue weighted by molar-refractivity contribution is -0.117. The van der Waals surface area contributed by atoms with Gasteiger partial charge in [-0.25, -0.2) is 0 Å². The number of carbonyl (C=O) groups excluding carboxylic acids is 1. The summed E-state index contributed by atoms with van der Waals surface area (Å²) in [6.07, 6.45) is 0.666. The van der Waals surface area contributed by atoms with Crippen LogP contribution in [0.4, 0.5) is 5.69 Å². The van der Waals surface area contributed by atoms with Crippen LogP contribution in [-0.2, 0) is 17.8 Å². The zero-order chi connectivity index (χ0) is 21.1. The number of anilines is 1. The first kappa shape index (κ1) is 20.2. The van der Waals surface area contributed by atoms with E-state index in [9.17, 15) is 9.90 Å². The Bertz CT molecular complexity index is 1190. The molecule has 2 aromatic carbocycles. The molecular formula is C24H23N3O2S. The lowest BCUT2D eigenvalue weighted by Crippen LogP contribution is -2.27. The summed E-state index contributed by atoms with van der Waals surface area (Å²) in [6, 6.07) is 16.9. The minimum Gasteiger partial charge on any atom is -0.392 e. The number of nitrogens with two attached hydrogens (primary N) is 1. The van der Waals surface area contributed by atoms with E-state index in [0.29, 0.717) is 12.1 Å². The van der Waals surface area contributed by atoms with Crippen LogP contribution in [0.2, 0.25) is 0 Å². The van der Waals surface area contributed by atoms with E-state index >= 15 is 0 Å². The number of amides is 1. The average molecular weight is 418 g/mol. The highest BCUT2D eigenvalue weighted by Crippen LogP contribution is 2.25. The Morgan fingerprint density at radius 1 is 1.17 bits per heavy atom. The molecule has 0 spiro atoms. The largest absolute Gasteiger partial charge is 0.392 e. The number of benzene rings is 2. The van der Waals surface area contributed by atoms with Crippen molar-refractivity contribution in [2.75, 3.05) is 5.32 Å². The zero-order valence-corrected chi connectivity index (χ0v) is 17.4. The van der Waals surface area contributed by atoms with Crippen molar-refractivity contribution >= 4 is 33.8 Å². The Balaban J connectivity index is 1.58. The third kappa shape index (κ3) is 4.26. The van der Waals surface area contributed by atoms with Crippen molar-refractivity contribution < 1.29 is 9.90 Å². The number of nitrogens with one attached hydrogen (secondary N) is 1. The molecule has 2 aromatic heterocycles. The number of aryl methyl sites for hydroxylation is 1. The van der Waals surface area contributed by atoms with Gasteiger partial charge in [0.05, 0.1) is 12.1 Å².